The predicted molar refractivity (Wildman–Crippen MR) is 5.75 cm³/mol. The van der Waals surface area contributed by atoms with E-state index < -0.39 is 0 Å². The van der Waals surface area contributed by atoms with Gasteiger partial charge >= 0.3 is 53.1 Å². The monoisotopic (exact) mass is 324 g/mol. The number of rotatable bonds is 0. The molecule has 0 spiro atoms. The molecule has 0 aromatic heterocycles. The maximum atomic E-state index is 0. The van der Waals surface area contributed by atoms with Crippen molar-refractivity contribution in [1.82, 2.24) is 0 Å². The fourth-order valence-electron chi connectivity index (χ4n) is 0. The van der Waals surface area contributed by atoms with E-state index in [-0.39, 0.29) is 76.7 Å². The van der Waals surface area contributed by atoms with Crippen LogP contribution in [0.3, 0.4) is 0 Å². The summed E-state index contributed by atoms with van der Waals surface area (Å²) in [6, 6.07) is 0. The van der Waals surface area contributed by atoms with Crippen LogP contribution in [0.4, 0.5) is 0 Å². The summed E-state index contributed by atoms with van der Waals surface area (Å²) >= 11 is 0. The summed E-state index contributed by atoms with van der Waals surface area (Å²) in [4.78, 5) is 0. The molecule has 0 unspecified atom stereocenters. The molecule has 7 heavy (non-hydrogen) atoms. The Morgan fingerprint density at radius 1 is 0.429 bits per heavy atom. The van der Waals surface area contributed by atoms with E-state index in [0.29, 0.717) is 0 Å². The minimum atomic E-state index is 0. The molecule has 0 N–H and O–H groups in total. The van der Waals surface area contributed by atoms with Gasteiger partial charge < -0.3 is 23.5 Å². The fraction of sp³-hybridized carbons (Fsp3) is 0. The molecule has 0 aromatic carbocycles. The van der Waals surface area contributed by atoms with E-state index in [2.05, 4.69) is 0 Å². The van der Waals surface area contributed by atoms with Crippen LogP contribution < -0.4 is 23.5 Å². The minimum Gasteiger partial charge on any atom is -1.00 e. The molecule has 0 nitrogen and oxygen atoms in total. The molecule has 0 radical (unpaired) electrons. The first-order valence-electron chi connectivity index (χ1n) is 0. The smallest absolute Gasteiger partial charge is 1.00 e. The van der Waals surface area contributed by atoms with Crippen LogP contribution in [0.1, 0.15) is 0 Å². The third-order valence-corrected chi connectivity index (χ3v) is 0. The second-order valence-electron chi connectivity index (χ2n) is 0. The summed E-state index contributed by atoms with van der Waals surface area (Å²) in [6.07, 6.45) is 0. The molecule has 0 saturated heterocycles. The van der Waals surface area contributed by atoms with Crippen LogP contribution in [0.25, 0.3) is 0 Å². The van der Waals surface area contributed by atoms with Gasteiger partial charge in [0.25, 0.3) is 0 Å². The van der Waals surface area contributed by atoms with Crippen molar-refractivity contribution in [2.75, 3.05) is 0 Å². The zero-order valence-electron chi connectivity index (χ0n) is 3.17. The van der Waals surface area contributed by atoms with Gasteiger partial charge in [-0.15, -0.1) is 0 Å². The van der Waals surface area contributed by atoms with E-state index in [1.54, 1.807) is 0 Å². The molecule has 0 aliphatic rings. The first-order valence-corrected chi connectivity index (χ1v) is 0. The molecule has 0 bridgehead atoms. The van der Waals surface area contributed by atoms with Crippen molar-refractivity contribution in [3.63, 3.8) is 0 Å². The van der Waals surface area contributed by atoms with Gasteiger partial charge in [0.2, 0.25) is 0 Å². The van der Waals surface area contributed by atoms with Gasteiger partial charge in [-0.2, -0.15) is 0 Å². The maximum absolute atomic E-state index is 0. The van der Waals surface area contributed by atoms with Crippen LogP contribution in [0, 0.1) is 0 Å². The maximum Gasteiger partial charge on any atom is 3.00 e. The molecular formula is CdF5In. The summed E-state index contributed by atoms with van der Waals surface area (Å²) in [6.45, 7) is 0. The Morgan fingerprint density at radius 2 is 0.429 bits per heavy atom. The summed E-state index contributed by atoms with van der Waals surface area (Å²) < 4.78 is 0. The Bertz CT molecular complexity index is 8.04. The topological polar surface area (TPSA) is 0 Å². The van der Waals surface area contributed by atoms with Crippen LogP contribution in [0.15, 0.2) is 0 Å². The average Bonchev–Trinajstić information content (AvgIpc) is 0. The van der Waals surface area contributed by atoms with Gasteiger partial charge in [0.05, 0.1) is 0 Å². The third-order valence-electron chi connectivity index (χ3n) is 0. The largest absolute Gasteiger partial charge is 3.00 e. The molecule has 0 aromatic rings. The van der Waals surface area contributed by atoms with Crippen LogP contribution >= 0.6 is 0 Å². The SMILES string of the molecule is [Cd+2].[F-].[F-].[F-].[F-].[F-].[In+3]. The summed E-state index contributed by atoms with van der Waals surface area (Å²) in [7, 11) is 0. The Kier molecular flexibility index (Phi) is 4770. The average molecular weight is 322 g/mol. The number of halogens is 5. The molecule has 0 saturated carbocycles. The molecule has 40 valence electrons. The Morgan fingerprint density at radius 3 is 0.429 bits per heavy atom. The zero-order valence-corrected chi connectivity index (χ0v) is 10.5. The van der Waals surface area contributed by atoms with Crippen molar-refractivity contribution in [2.45, 2.75) is 0 Å². The summed E-state index contributed by atoms with van der Waals surface area (Å²) in [5, 5.41) is 0. The summed E-state index contributed by atoms with van der Waals surface area (Å²) in [5.41, 5.74) is 0. The second kappa shape index (κ2) is 148. The molecule has 0 atom stereocenters. The molecule has 0 heterocycles. The van der Waals surface area contributed by atoms with Gasteiger partial charge in [-0.05, 0) is 0 Å². The molecule has 0 amide bonds. The standard InChI is InChI=1S/Cd.5FH.In/h;5*1H;/q+2;;;;;;+3/p-5. The van der Waals surface area contributed by atoms with Gasteiger partial charge in [-0.3, -0.25) is 0 Å². The van der Waals surface area contributed by atoms with E-state index in [9.17, 15) is 0 Å². The van der Waals surface area contributed by atoms with Gasteiger partial charge in [-0.1, -0.05) is 0 Å². The molecule has 0 fully saturated rings. The van der Waals surface area contributed by atoms with Crippen LogP contribution in [-0.2, 0) is 27.3 Å². The van der Waals surface area contributed by atoms with E-state index in [0.717, 1.165) is 0 Å². The van der Waals surface area contributed by atoms with Crippen molar-refractivity contribution in [2.24, 2.45) is 0 Å². The predicted octanol–water partition coefficient (Wildman–Crippen LogP) is -15.4. The quantitative estimate of drug-likeness (QED) is 0.307. The first-order chi connectivity index (χ1) is 0. The summed E-state index contributed by atoms with van der Waals surface area (Å²) in [5.74, 6) is 0. The van der Waals surface area contributed by atoms with Crippen molar-refractivity contribution < 1.29 is 50.8 Å². The third kappa shape index (κ3) is 106. The number of hydrogen-bond acceptors (Lipinski definition) is 0. The minimum absolute atomic E-state index is 0. The van der Waals surface area contributed by atoms with Gasteiger partial charge in [0.1, 0.15) is 0 Å². The Labute approximate surface area is 76.2 Å². The fourth-order valence-corrected chi connectivity index (χ4v) is 0. The van der Waals surface area contributed by atoms with E-state index in [1.807, 2.05) is 0 Å². The zero-order chi connectivity index (χ0) is 0. The molecule has 0 rings (SSSR count). The first kappa shape index (κ1) is 225. The molecule has 7 heteroatoms. The van der Waals surface area contributed by atoms with E-state index >= 15 is 0 Å². The van der Waals surface area contributed by atoms with Crippen molar-refractivity contribution in [3.8, 4) is 0 Å². The van der Waals surface area contributed by atoms with Crippen LogP contribution in [-0.4, -0.2) is 25.8 Å². The molecular weight excluding hydrogens is 322 g/mol. The molecule has 0 aliphatic heterocycles. The second-order valence-corrected chi connectivity index (χ2v) is 0. The van der Waals surface area contributed by atoms with E-state index in [4.69, 9.17) is 0 Å². The van der Waals surface area contributed by atoms with Gasteiger partial charge in [0.15, 0.2) is 0 Å². The van der Waals surface area contributed by atoms with E-state index in [1.165, 1.54) is 0 Å². The number of hydrogen-bond donors (Lipinski definition) is 0. The van der Waals surface area contributed by atoms with Crippen molar-refractivity contribution >= 4 is 25.8 Å². The van der Waals surface area contributed by atoms with Crippen LogP contribution in [0.2, 0.25) is 0 Å². The van der Waals surface area contributed by atoms with Crippen LogP contribution in [0.5, 0.6) is 0 Å². The Hall–Kier alpha value is 1.44. The Balaban J connectivity index is 0. The van der Waals surface area contributed by atoms with Crippen molar-refractivity contribution in [1.29, 1.82) is 0 Å². The van der Waals surface area contributed by atoms with Gasteiger partial charge in [-0.25, -0.2) is 0 Å². The molecule has 0 aliphatic carbocycles. The van der Waals surface area contributed by atoms with Gasteiger partial charge in [0, 0.05) is 0 Å². The van der Waals surface area contributed by atoms with Crippen molar-refractivity contribution in [3.05, 3.63) is 0 Å². The normalized spacial score (nSPS) is 0.